The van der Waals surface area contributed by atoms with Gasteiger partial charge in [0.05, 0.1) is 18.8 Å². The fourth-order valence-corrected chi connectivity index (χ4v) is 6.53. The zero-order valence-electron chi connectivity index (χ0n) is 22.7. The summed E-state index contributed by atoms with van der Waals surface area (Å²) in [5.74, 6) is 1.10. The number of benzene rings is 2. The number of fused-ring (bicyclic) bond motifs is 2. The van der Waals surface area contributed by atoms with Gasteiger partial charge in [-0.1, -0.05) is 17.3 Å². The lowest BCUT2D eigenvalue weighted by Crippen LogP contribution is -2.54. The van der Waals surface area contributed by atoms with Crippen molar-refractivity contribution in [1.82, 2.24) is 10.3 Å². The number of aromatic nitrogens is 2. The lowest BCUT2D eigenvalue weighted by atomic mass is 9.82. The SMILES string of the molecule is O=c1cc(-c2ccc(N3[C@@H]4CCC[C@H]3C[C@@H](OCc3c(-c5ccccc5OC(F)(F)F)noc3C3CC3)C4)cc2)o[nH]1. The molecule has 2 bridgehead atoms. The molecule has 1 aliphatic carbocycles. The first-order valence-electron chi connectivity index (χ1n) is 14.3. The van der Waals surface area contributed by atoms with Crippen LogP contribution in [-0.4, -0.2) is 34.9 Å². The van der Waals surface area contributed by atoms with Crippen LogP contribution in [0.3, 0.4) is 0 Å². The van der Waals surface area contributed by atoms with Crippen LogP contribution < -0.4 is 15.2 Å². The number of hydrogen-bond donors (Lipinski definition) is 1. The number of ether oxygens (including phenoxy) is 2. The molecular formula is C31H30F3N3O5. The summed E-state index contributed by atoms with van der Waals surface area (Å²) in [6.07, 6.45) is 2.05. The van der Waals surface area contributed by atoms with Crippen LogP contribution in [0, 0.1) is 0 Å². The highest BCUT2D eigenvalue weighted by molar-refractivity contribution is 5.70. The summed E-state index contributed by atoms with van der Waals surface area (Å²) in [6.45, 7) is 0.214. The Bertz CT molecular complexity index is 1590. The van der Waals surface area contributed by atoms with Gasteiger partial charge in [0, 0.05) is 40.4 Å². The van der Waals surface area contributed by atoms with Gasteiger partial charge in [-0.25, -0.2) is 0 Å². The lowest BCUT2D eigenvalue weighted by molar-refractivity contribution is -0.274. The first-order chi connectivity index (χ1) is 20.3. The summed E-state index contributed by atoms with van der Waals surface area (Å²) in [4.78, 5) is 13.9. The quantitative estimate of drug-likeness (QED) is 0.236. The monoisotopic (exact) mass is 581 g/mol. The molecule has 2 aliphatic heterocycles. The van der Waals surface area contributed by atoms with Crippen molar-refractivity contribution in [2.45, 2.75) is 82.0 Å². The number of rotatable bonds is 8. The largest absolute Gasteiger partial charge is 0.573 e. The smallest absolute Gasteiger partial charge is 0.405 e. The van der Waals surface area contributed by atoms with E-state index in [4.69, 9.17) is 13.8 Å². The minimum absolute atomic E-state index is 0.00132. The number of anilines is 1. The predicted octanol–water partition coefficient (Wildman–Crippen LogP) is 7.17. The van der Waals surface area contributed by atoms with Crippen molar-refractivity contribution in [3.8, 4) is 28.3 Å². The molecule has 1 saturated carbocycles. The summed E-state index contributed by atoms with van der Waals surface area (Å²) in [7, 11) is 0. The minimum atomic E-state index is -4.82. The van der Waals surface area contributed by atoms with Crippen LogP contribution >= 0.6 is 0 Å². The Hall–Kier alpha value is -3.99. The van der Waals surface area contributed by atoms with Crippen molar-refractivity contribution >= 4 is 5.69 Å². The van der Waals surface area contributed by atoms with E-state index in [9.17, 15) is 18.0 Å². The van der Waals surface area contributed by atoms with Gasteiger partial charge < -0.3 is 23.4 Å². The molecule has 220 valence electrons. The second kappa shape index (κ2) is 10.7. The molecule has 0 radical (unpaired) electrons. The van der Waals surface area contributed by atoms with E-state index in [1.54, 1.807) is 12.1 Å². The third kappa shape index (κ3) is 5.45. The van der Waals surface area contributed by atoms with Crippen LogP contribution in [-0.2, 0) is 11.3 Å². The summed E-state index contributed by atoms with van der Waals surface area (Å²) in [5.41, 5.74) is 2.97. The molecule has 8 nitrogen and oxygen atoms in total. The van der Waals surface area contributed by atoms with Crippen molar-refractivity contribution in [2.24, 2.45) is 0 Å². The topological polar surface area (TPSA) is 93.7 Å². The van der Waals surface area contributed by atoms with Crippen LogP contribution in [0.25, 0.3) is 22.6 Å². The molecule has 0 amide bonds. The van der Waals surface area contributed by atoms with Gasteiger partial charge in [0.25, 0.3) is 5.56 Å². The molecule has 2 saturated heterocycles. The van der Waals surface area contributed by atoms with Gasteiger partial charge in [-0.05, 0) is 81.3 Å². The van der Waals surface area contributed by atoms with Crippen LogP contribution in [0.1, 0.15) is 62.2 Å². The number of nitrogens with zero attached hydrogens (tertiary/aromatic N) is 2. The van der Waals surface area contributed by atoms with Crippen LogP contribution in [0.4, 0.5) is 18.9 Å². The van der Waals surface area contributed by atoms with E-state index < -0.39 is 6.36 Å². The van der Waals surface area contributed by atoms with Gasteiger partial charge >= 0.3 is 6.36 Å². The Labute approximate surface area is 239 Å². The van der Waals surface area contributed by atoms with E-state index >= 15 is 0 Å². The molecule has 2 aromatic carbocycles. The van der Waals surface area contributed by atoms with Crippen molar-refractivity contribution in [2.75, 3.05) is 4.90 Å². The Morgan fingerprint density at radius 2 is 1.74 bits per heavy atom. The molecule has 7 rings (SSSR count). The van der Waals surface area contributed by atoms with Crippen LogP contribution in [0.15, 0.2) is 68.4 Å². The standard InChI is InChI=1S/C31H30F3N3O5/c32-31(33,34)40-26-7-2-1-6-24(26)29-25(30(42-36-29)19-8-9-19)17-39-23-14-21-4-3-5-22(15-23)37(21)20-12-10-18(11-13-20)27-16-28(38)35-41-27/h1-2,6-7,10-13,16,19,21-23H,3-5,8-9,14-15,17H2,(H,35,38)/t21-,22+,23+. The molecule has 4 aromatic rings. The molecule has 11 heteroatoms. The van der Waals surface area contributed by atoms with Gasteiger partial charge in [-0.3, -0.25) is 4.79 Å². The molecule has 4 heterocycles. The van der Waals surface area contributed by atoms with Gasteiger partial charge in [0.15, 0.2) is 5.76 Å². The predicted molar refractivity (Wildman–Crippen MR) is 147 cm³/mol. The van der Waals surface area contributed by atoms with E-state index in [0.717, 1.165) is 56.2 Å². The summed E-state index contributed by atoms with van der Waals surface area (Å²) < 4.78 is 61.1. The molecule has 3 atom stereocenters. The zero-order chi connectivity index (χ0) is 28.8. The van der Waals surface area contributed by atoms with Crippen molar-refractivity contribution < 1.29 is 31.7 Å². The average molecular weight is 582 g/mol. The van der Waals surface area contributed by atoms with E-state index in [0.29, 0.717) is 34.9 Å². The normalized spacial score (nSPS) is 22.4. The van der Waals surface area contributed by atoms with Crippen molar-refractivity contribution in [3.63, 3.8) is 0 Å². The lowest BCUT2D eigenvalue weighted by Gasteiger charge is -2.50. The highest BCUT2D eigenvalue weighted by Crippen LogP contribution is 2.46. The van der Waals surface area contributed by atoms with E-state index in [2.05, 4.69) is 32.1 Å². The number of piperidine rings is 2. The average Bonchev–Trinajstić information content (AvgIpc) is 3.57. The zero-order valence-corrected chi connectivity index (χ0v) is 22.7. The summed E-state index contributed by atoms with van der Waals surface area (Å²) in [6, 6.07) is 16.1. The number of H-pyrrole nitrogens is 1. The molecule has 1 N–H and O–H groups in total. The Kier molecular flexibility index (Phi) is 6.84. The fourth-order valence-electron chi connectivity index (χ4n) is 6.53. The van der Waals surface area contributed by atoms with Gasteiger partial charge in [0.2, 0.25) is 0 Å². The number of nitrogens with one attached hydrogen (secondary N) is 1. The van der Waals surface area contributed by atoms with Gasteiger partial charge in [-0.15, -0.1) is 13.2 Å². The molecular weight excluding hydrogens is 551 g/mol. The Morgan fingerprint density at radius 3 is 2.40 bits per heavy atom. The third-order valence-electron chi connectivity index (χ3n) is 8.50. The number of aromatic amines is 1. The number of para-hydroxylation sites is 1. The van der Waals surface area contributed by atoms with Crippen LogP contribution in [0.5, 0.6) is 5.75 Å². The Balaban J connectivity index is 1.08. The van der Waals surface area contributed by atoms with Crippen molar-refractivity contribution in [3.05, 3.63) is 76.3 Å². The summed E-state index contributed by atoms with van der Waals surface area (Å²) in [5, 5.41) is 6.53. The minimum Gasteiger partial charge on any atom is -0.405 e. The molecule has 0 unspecified atom stereocenters. The Morgan fingerprint density at radius 1 is 1.00 bits per heavy atom. The number of alkyl halides is 3. The molecule has 2 aromatic heterocycles. The van der Waals surface area contributed by atoms with E-state index in [1.165, 1.54) is 18.2 Å². The third-order valence-corrected chi connectivity index (χ3v) is 8.50. The number of halogens is 3. The fraction of sp³-hybridized carbons (Fsp3) is 0.419. The first-order valence-corrected chi connectivity index (χ1v) is 14.3. The first kappa shape index (κ1) is 26.9. The highest BCUT2D eigenvalue weighted by atomic mass is 19.4. The van der Waals surface area contributed by atoms with Gasteiger partial charge in [0.1, 0.15) is 17.2 Å². The van der Waals surface area contributed by atoms with Crippen LogP contribution in [0.2, 0.25) is 0 Å². The van der Waals surface area contributed by atoms with Crippen molar-refractivity contribution in [1.29, 1.82) is 0 Å². The highest BCUT2D eigenvalue weighted by Gasteiger charge is 2.40. The number of hydrogen-bond acceptors (Lipinski definition) is 7. The molecule has 3 aliphatic rings. The maximum Gasteiger partial charge on any atom is 0.573 e. The maximum atomic E-state index is 13.1. The molecule has 42 heavy (non-hydrogen) atoms. The molecule has 3 fully saturated rings. The second-order valence-electron chi connectivity index (χ2n) is 11.4. The van der Waals surface area contributed by atoms with E-state index in [1.807, 2.05) is 12.1 Å². The second-order valence-corrected chi connectivity index (χ2v) is 11.4. The maximum absolute atomic E-state index is 13.1. The summed E-state index contributed by atoms with van der Waals surface area (Å²) >= 11 is 0. The van der Waals surface area contributed by atoms with E-state index in [-0.39, 0.29) is 35.5 Å². The van der Waals surface area contributed by atoms with Gasteiger partial charge in [-0.2, -0.15) is 5.16 Å². The molecule has 0 spiro atoms.